The van der Waals surface area contributed by atoms with Crippen molar-refractivity contribution in [2.75, 3.05) is 7.11 Å². The molecule has 1 unspecified atom stereocenters. The first-order valence-corrected chi connectivity index (χ1v) is 8.63. The average Bonchev–Trinajstić information content (AvgIpc) is 2.51. The van der Waals surface area contributed by atoms with Gasteiger partial charge in [0.05, 0.1) is 13.2 Å². The van der Waals surface area contributed by atoms with Crippen LogP contribution in [0.2, 0.25) is 0 Å². The summed E-state index contributed by atoms with van der Waals surface area (Å²) in [6.45, 7) is 13.4. The van der Waals surface area contributed by atoms with Crippen LogP contribution in [0.4, 0.5) is 0 Å². The second-order valence-corrected chi connectivity index (χ2v) is 8.44. The van der Waals surface area contributed by atoms with E-state index in [1.54, 1.807) is 7.11 Å². The van der Waals surface area contributed by atoms with Gasteiger partial charge in [0.25, 0.3) is 0 Å². The zero-order valence-corrected chi connectivity index (χ0v) is 16.1. The molecule has 0 heterocycles. The summed E-state index contributed by atoms with van der Waals surface area (Å²) >= 11 is 0. The molecule has 0 N–H and O–H groups in total. The van der Waals surface area contributed by atoms with Gasteiger partial charge in [0.1, 0.15) is 0 Å². The smallest absolute Gasteiger partial charge is 0.0656 e. The molecule has 0 spiro atoms. The molecule has 0 radical (unpaired) electrons. The third-order valence-corrected chi connectivity index (χ3v) is 4.25. The number of nitrogens with zero attached hydrogens (tertiary/aromatic N) is 1. The van der Waals surface area contributed by atoms with Gasteiger partial charge in [0.15, 0.2) is 0 Å². The standard InChI is InChI=1S/C22H31NO/c1-21(2,3)20(23(24-7)22(4,5)6)19-15-13-18(14-16-19)17-11-9-8-10-12-17/h8-16,20H,1-7H3. The van der Waals surface area contributed by atoms with Crippen LogP contribution < -0.4 is 0 Å². The largest absolute Gasteiger partial charge is 0.301 e. The van der Waals surface area contributed by atoms with Gasteiger partial charge in [0.2, 0.25) is 0 Å². The van der Waals surface area contributed by atoms with Crippen LogP contribution in [-0.2, 0) is 4.84 Å². The molecule has 0 fully saturated rings. The van der Waals surface area contributed by atoms with E-state index in [0.717, 1.165) is 0 Å². The quantitative estimate of drug-likeness (QED) is 0.629. The van der Waals surface area contributed by atoms with Crippen LogP contribution in [-0.4, -0.2) is 17.7 Å². The summed E-state index contributed by atoms with van der Waals surface area (Å²) in [7, 11) is 1.77. The van der Waals surface area contributed by atoms with E-state index in [2.05, 4.69) is 95.1 Å². The van der Waals surface area contributed by atoms with E-state index in [1.165, 1.54) is 16.7 Å². The van der Waals surface area contributed by atoms with Crippen LogP contribution in [0.25, 0.3) is 11.1 Å². The van der Waals surface area contributed by atoms with Crippen LogP contribution in [0, 0.1) is 5.41 Å². The second-order valence-electron chi connectivity index (χ2n) is 8.44. The first kappa shape index (κ1) is 18.7. The predicted octanol–water partition coefficient (Wildman–Crippen LogP) is 6.10. The fraction of sp³-hybridized carbons (Fsp3) is 0.455. The van der Waals surface area contributed by atoms with Crippen LogP contribution in [0.15, 0.2) is 54.6 Å². The minimum absolute atomic E-state index is 0.0531. The van der Waals surface area contributed by atoms with Crippen molar-refractivity contribution in [3.63, 3.8) is 0 Å². The fourth-order valence-corrected chi connectivity index (χ4v) is 3.24. The number of benzene rings is 2. The molecular weight excluding hydrogens is 294 g/mol. The molecule has 0 aliphatic carbocycles. The lowest BCUT2D eigenvalue weighted by Gasteiger charge is -2.45. The van der Waals surface area contributed by atoms with Crippen molar-refractivity contribution in [1.29, 1.82) is 0 Å². The second kappa shape index (κ2) is 7.08. The molecule has 2 heteroatoms. The normalized spacial score (nSPS) is 14.0. The van der Waals surface area contributed by atoms with E-state index >= 15 is 0 Å². The Balaban J connectivity index is 2.41. The summed E-state index contributed by atoms with van der Waals surface area (Å²) in [5.74, 6) is 0. The molecule has 2 aromatic carbocycles. The lowest BCUT2D eigenvalue weighted by molar-refractivity contribution is -0.236. The lowest BCUT2D eigenvalue weighted by atomic mass is 9.80. The molecule has 2 nitrogen and oxygen atoms in total. The first-order valence-electron chi connectivity index (χ1n) is 8.63. The van der Waals surface area contributed by atoms with Crippen LogP contribution >= 0.6 is 0 Å². The molecule has 0 aliphatic heterocycles. The maximum Gasteiger partial charge on any atom is 0.0656 e. The summed E-state index contributed by atoms with van der Waals surface area (Å²) in [5, 5.41) is 2.12. The number of hydrogen-bond donors (Lipinski definition) is 0. The zero-order valence-electron chi connectivity index (χ0n) is 16.1. The Morgan fingerprint density at radius 1 is 0.750 bits per heavy atom. The SMILES string of the molecule is CON(C(c1ccc(-c2ccccc2)cc1)C(C)(C)C)C(C)(C)C. The number of rotatable bonds is 4. The molecule has 24 heavy (non-hydrogen) atoms. The maximum absolute atomic E-state index is 5.81. The van der Waals surface area contributed by atoms with Crippen molar-refractivity contribution < 1.29 is 4.84 Å². The summed E-state index contributed by atoms with van der Waals surface area (Å²) in [6, 6.07) is 19.5. The molecule has 0 amide bonds. The van der Waals surface area contributed by atoms with Crippen molar-refractivity contribution in [3.05, 3.63) is 60.2 Å². The minimum atomic E-state index is -0.0786. The fourth-order valence-electron chi connectivity index (χ4n) is 3.24. The highest BCUT2D eigenvalue weighted by Crippen LogP contribution is 2.41. The van der Waals surface area contributed by atoms with E-state index in [1.807, 2.05) is 6.07 Å². The molecule has 0 aliphatic rings. The van der Waals surface area contributed by atoms with E-state index in [9.17, 15) is 0 Å². The van der Waals surface area contributed by atoms with Crippen LogP contribution in [0.1, 0.15) is 53.1 Å². The van der Waals surface area contributed by atoms with E-state index < -0.39 is 0 Å². The number of hydroxylamine groups is 2. The van der Waals surface area contributed by atoms with Crippen LogP contribution in [0.3, 0.4) is 0 Å². The molecule has 0 saturated heterocycles. The highest BCUT2D eigenvalue weighted by molar-refractivity contribution is 5.63. The number of hydrogen-bond acceptors (Lipinski definition) is 2. The van der Waals surface area contributed by atoms with Crippen LogP contribution in [0.5, 0.6) is 0 Å². The average molecular weight is 325 g/mol. The highest BCUT2D eigenvalue weighted by Gasteiger charge is 2.38. The third kappa shape index (κ3) is 4.25. The lowest BCUT2D eigenvalue weighted by Crippen LogP contribution is -2.47. The maximum atomic E-state index is 5.81. The molecule has 1 atom stereocenters. The Labute approximate surface area is 147 Å². The molecule has 2 rings (SSSR count). The summed E-state index contributed by atoms with van der Waals surface area (Å²) in [5.41, 5.74) is 3.74. The van der Waals surface area contributed by atoms with Crippen molar-refractivity contribution in [2.45, 2.75) is 53.1 Å². The van der Waals surface area contributed by atoms with Gasteiger partial charge in [-0.25, -0.2) is 0 Å². The van der Waals surface area contributed by atoms with E-state index in [-0.39, 0.29) is 17.0 Å². The first-order chi connectivity index (χ1) is 11.1. The molecule has 0 saturated carbocycles. The van der Waals surface area contributed by atoms with E-state index in [4.69, 9.17) is 4.84 Å². The van der Waals surface area contributed by atoms with Gasteiger partial charge in [-0.15, -0.1) is 0 Å². The van der Waals surface area contributed by atoms with E-state index in [0.29, 0.717) is 0 Å². The van der Waals surface area contributed by atoms with Crippen molar-refractivity contribution in [2.24, 2.45) is 5.41 Å². The zero-order chi connectivity index (χ0) is 18.0. The predicted molar refractivity (Wildman–Crippen MR) is 103 cm³/mol. The molecule has 0 aromatic heterocycles. The summed E-state index contributed by atoms with van der Waals surface area (Å²) in [4.78, 5) is 5.81. The molecule has 130 valence electrons. The summed E-state index contributed by atoms with van der Waals surface area (Å²) in [6.07, 6.45) is 0. The van der Waals surface area contributed by atoms with Gasteiger partial charge in [-0.1, -0.05) is 75.4 Å². The Bertz CT molecular complexity index is 632. The highest BCUT2D eigenvalue weighted by atomic mass is 16.7. The Morgan fingerprint density at radius 3 is 1.67 bits per heavy atom. The van der Waals surface area contributed by atoms with Gasteiger partial charge >= 0.3 is 0 Å². The topological polar surface area (TPSA) is 12.5 Å². The van der Waals surface area contributed by atoms with Gasteiger partial charge in [-0.05, 0) is 42.9 Å². The Kier molecular flexibility index (Phi) is 5.52. The van der Waals surface area contributed by atoms with Gasteiger partial charge in [-0.3, -0.25) is 0 Å². The molecular formula is C22H31NO. The van der Waals surface area contributed by atoms with Gasteiger partial charge < -0.3 is 4.84 Å². The molecule has 0 bridgehead atoms. The minimum Gasteiger partial charge on any atom is -0.301 e. The van der Waals surface area contributed by atoms with Crippen molar-refractivity contribution in [3.8, 4) is 11.1 Å². The third-order valence-electron chi connectivity index (χ3n) is 4.25. The van der Waals surface area contributed by atoms with Crippen molar-refractivity contribution in [1.82, 2.24) is 5.06 Å². The monoisotopic (exact) mass is 325 g/mol. The van der Waals surface area contributed by atoms with Gasteiger partial charge in [0, 0.05) is 5.54 Å². The summed E-state index contributed by atoms with van der Waals surface area (Å²) < 4.78 is 0. The van der Waals surface area contributed by atoms with Crippen molar-refractivity contribution >= 4 is 0 Å². The van der Waals surface area contributed by atoms with Gasteiger partial charge in [-0.2, -0.15) is 5.06 Å². The molecule has 2 aromatic rings. The Morgan fingerprint density at radius 2 is 1.25 bits per heavy atom. The Hall–Kier alpha value is -1.64.